The molecule has 0 saturated heterocycles. The highest BCUT2D eigenvalue weighted by Gasteiger charge is 2.30. The second-order valence-electron chi connectivity index (χ2n) is 15.1. The number of thiazole rings is 2. The maximum Gasteiger partial charge on any atom is 0.358 e. The van der Waals surface area contributed by atoms with E-state index in [0.29, 0.717) is 66.4 Å². The molecular formula is C42H44N8O5S2Si. The fourth-order valence-corrected chi connectivity index (χ4v) is 9.50. The fourth-order valence-electron chi connectivity index (χ4n) is 6.74. The summed E-state index contributed by atoms with van der Waals surface area (Å²) in [5.41, 5.74) is 5.28. The van der Waals surface area contributed by atoms with Crippen molar-refractivity contribution >= 4 is 74.1 Å². The van der Waals surface area contributed by atoms with E-state index in [1.54, 1.807) is 28.9 Å². The summed E-state index contributed by atoms with van der Waals surface area (Å²) in [5, 5.41) is 6.61. The van der Waals surface area contributed by atoms with Crippen molar-refractivity contribution in [2.75, 3.05) is 42.9 Å². The van der Waals surface area contributed by atoms with E-state index >= 15 is 0 Å². The average Bonchev–Trinajstić information content (AvgIpc) is 3.97. The Balaban J connectivity index is 1.02. The Hall–Kier alpha value is -5.55. The van der Waals surface area contributed by atoms with E-state index in [0.717, 1.165) is 43.3 Å². The lowest BCUT2D eigenvalue weighted by molar-refractivity contribution is 0.0519. The molecule has 13 nitrogen and oxygen atoms in total. The Morgan fingerprint density at radius 3 is 2.67 bits per heavy atom. The zero-order valence-electron chi connectivity index (χ0n) is 32.9. The van der Waals surface area contributed by atoms with Crippen molar-refractivity contribution < 1.29 is 23.8 Å². The molecule has 58 heavy (non-hydrogen) atoms. The molecule has 298 valence electrons. The summed E-state index contributed by atoms with van der Waals surface area (Å²) in [6.45, 7) is 11.1. The molecule has 5 heterocycles. The smallest absolute Gasteiger partial charge is 0.358 e. The van der Waals surface area contributed by atoms with Crippen LogP contribution >= 0.6 is 22.7 Å². The van der Waals surface area contributed by atoms with Crippen molar-refractivity contribution in [2.24, 2.45) is 0 Å². The molecule has 0 unspecified atom stereocenters. The number of anilines is 2. The predicted octanol–water partition coefficient (Wildman–Crippen LogP) is 8.20. The van der Waals surface area contributed by atoms with Crippen molar-refractivity contribution in [3.8, 4) is 11.4 Å². The van der Waals surface area contributed by atoms with Gasteiger partial charge >= 0.3 is 5.97 Å². The molecule has 1 aliphatic rings. The first-order chi connectivity index (χ1) is 28.1. The molecule has 3 aromatic carbocycles. The summed E-state index contributed by atoms with van der Waals surface area (Å²) in [5.74, 6) is 0.0280. The van der Waals surface area contributed by atoms with Crippen molar-refractivity contribution in [1.29, 1.82) is 0 Å². The number of carbonyl (C=O) groups excluding carboxylic acids is 2. The average molecular weight is 833 g/mol. The fraction of sp³-hybridized carbons (Fsp3) is 0.310. The van der Waals surface area contributed by atoms with Gasteiger partial charge in [-0.3, -0.25) is 9.69 Å². The van der Waals surface area contributed by atoms with Gasteiger partial charge < -0.3 is 19.1 Å². The quantitative estimate of drug-likeness (QED) is 0.0428. The van der Waals surface area contributed by atoms with E-state index in [4.69, 9.17) is 24.2 Å². The van der Waals surface area contributed by atoms with Gasteiger partial charge in [-0.1, -0.05) is 61.3 Å². The molecule has 1 aliphatic heterocycles. The molecule has 0 bridgehead atoms. The number of nitrogens with zero attached hydrogens (tertiary/aromatic N) is 8. The molecule has 8 rings (SSSR count). The first kappa shape index (κ1) is 39.3. The number of esters is 1. The molecule has 0 saturated carbocycles. The number of fused-ring (bicyclic) bond motifs is 3. The van der Waals surface area contributed by atoms with Crippen LogP contribution in [0.1, 0.15) is 43.8 Å². The van der Waals surface area contributed by atoms with Gasteiger partial charge in [0.15, 0.2) is 21.6 Å². The third-order valence-corrected chi connectivity index (χ3v) is 13.7. The Morgan fingerprint density at radius 2 is 1.83 bits per heavy atom. The summed E-state index contributed by atoms with van der Waals surface area (Å²) in [6.07, 6.45) is 6.11. The van der Waals surface area contributed by atoms with Gasteiger partial charge in [0.2, 0.25) is 0 Å². The molecule has 0 atom stereocenters. The maximum atomic E-state index is 14.6. The van der Waals surface area contributed by atoms with Crippen LogP contribution in [0.3, 0.4) is 0 Å². The van der Waals surface area contributed by atoms with Crippen LogP contribution in [-0.4, -0.2) is 82.8 Å². The lowest BCUT2D eigenvalue weighted by atomic mass is 9.94. The molecule has 7 aromatic rings. The van der Waals surface area contributed by atoms with Gasteiger partial charge in [-0.25, -0.2) is 29.4 Å². The summed E-state index contributed by atoms with van der Waals surface area (Å²) in [6, 6.07) is 22.5. The number of aromatic nitrogens is 6. The minimum atomic E-state index is -1.34. The third kappa shape index (κ3) is 8.64. The van der Waals surface area contributed by atoms with Crippen LogP contribution in [0.25, 0.3) is 26.9 Å². The molecule has 0 aliphatic carbocycles. The maximum absolute atomic E-state index is 14.6. The van der Waals surface area contributed by atoms with Gasteiger partial charge in [-0.15, -0.1) is 11.3 Å². The number of ether oxygens (including phenoxy) is 3. The number of rotatable bonds is 15. The number of hydrogen-bond donors (Lipinski definition) is 0. The number of para-hydroxylation sites is 1. The molecule has 1 amide bonds. The van der Waals surface area contributed by atoms with Gasteiger partial charge in [-0.05, 0) is 60.8 Å². The molecule has 4 aromatic heterocycles. The highest BCUT2D eigenvalue weighted by Crippen LogP contribution is 2.35. The minimum Gasteiger partial charge on any atom is -0.493 e. The Labute approximate surface area is 345 Å². The zero-order chi connectivity index (χ0) is 40.2. The van der Waals surface area contributed by atoms with Gasteiger partial charge in [0, 0.05) is 56.9 Å². The first-order valence-electron chi connectivity index (χ1n) is 19.3. The third-order valence-electron chi connectivity index (χ3n) is 9.80. The second kappa shape index (κ2) is 17.1. The van der Waals surface area contributed by atoms with E-state index in [1.807, 2.05) is 60.7 Å². The molecule has 0 N–H and O–H groups in total. The molecule has 0 fully saturated rings. The van der Waals surface area contributed by atoms with Gasteiger partial charge in [0.1, 0.15) is 18.8 Å². The lowest BCUT2D eigenvalue weighted by Crippen LogP contribution is -2.37. The zero-order valence-corrected chi connectivity index (χ0v) is 35.5. The number of hydrogen-bond acceptors (Lipinski definition) is 13. The standard InChI is InChI=1S/C42H44N8O5S2Si/c1-5-54-40(52)37-36(17-19-55-31-12-9-11-30(22-31)50-38-29(24-45-50)23-43-26-44-38)57-41(47-37)48-18-16-28-10-8-13-32(33(28)25-48)39(51)49(27-53-20-21-58(2,3)4)42-46-34-14-6-7-15-35(34)56-42/h6-15,22-24,26H,5,16-21,25,27H2,1-4H3. The topological polar surface area (TPSA) is 138 Å². The van der Waals surface area contributed by atoms with Crippen molar-refractivity contribution in [1.82, 2.24) is 29.7 Å². The number of amides is 1. The van der Waals surface area contributed by atoms with Crippen molar-refractivity contribution in [3.05, 3.63) is 113 Å². The van der Waals surface area contributed by atoms with Crippen LogP contribution in [0.2, 0.25) is 25.7 Å². The molecule has 0 radical (unpaired) electrons. The summed E-state index contributed by atoms with van der Waals surface area (Å²) in [4.78, 5) is 50.6. The van der Waals surface area contributed by atoms with E-state index in [1.165, 1.54) is 29.0 Å². The normalized spacial score (nSPS) is 12.9. The van der Waals surface area contributed by atoms with E-state index in [-0.39, 0.29) is 24.9 Å². The lowest BCUT2D eigenvalue weighted by Gasteiger charge is -2.31. The highest BCUT2D eigenvalue weighted by atomic mass is 32.1. The predicted molar refractivity (Wildman–Crippen MR) is 231 cm³/mol. The Kier molecular flexibility index (Phi) is 11.6. The van der Waals surface area contributed by atoms with Gasteiger partial charge in [0.05, 0.1) is 40.7 Å². The monoisotopic (exact) mass is 832 g/mol. The molecular weight excluding hydrogens is 789 g/mol. The van der Waals surface area contributed by atoms with Gasteiger partial charge in [-0.2, -0.15) is 5.10 Å². The van der Waals surface area contributed by atoms with E-state index in [9.17, 15) is 9.59 Å². The SMILES string of the molecule is CCOC(=O)c1nc(N2CCc3cccc(C(=O)N(COCC[Si](C)(C)C)c4nc5ccccc5s4)c3C2)sc1CCOc1cccc(-n2ncc3cncnc32)c1. The van der Waals surface area contributed by atoms with Crippen LogP contribution in [0.4, 0.5) is 10.3 Å². The van der Waals surface area contributed by atoms with Crippen molar-refractivity contribution in [2.45, 2.75) is 52.0 Å². The minimum absolute atomic E-state index is 0.108. The van der Waals surface area contributed by atoms with Gasteiger partial charge in [0.25, 0.3) is 5.91 Å². The highest BCUT2D eigenvalue weighted by molar-refractivity contribution is 7.22. The number of benzene rings is 3. The van der Waals surface area contributed by atoms with Crippen LogP contribution in [0, 0.1) is 0 Å². The summed E-state index contributed by atoms with van der Waals surface area (Å²) < 4.78 is 20.6. The van der Waals surface area contributed by atoms with E-state index < -0.39 is 14.0 Å². The van der Waals surface area contributed by atoms with Crippen LogP contribution in [-0.2, 0) is 28.9 Å². The molecule has 16 heteroatoms. The number of carbonyl (C=O) groups is 2. The Bertz CT molecular complexity index is 2550. The second-order valence-corrected chi connectivity index (χ2v) is 22.8. The summed E-state index contributed by atoms with van der Waals surface area (Å²) in [7, 11) is -1.34. The Morgan fingerprint density at radius 1 is 0.966 bits per heavy atom. The van der Waals surface area contributed by atoms with Crippen LogP contribution in [0.5, 0.6) is 5.75 Å². The summed E-state index contributed by atoms with van der Waals surface area (Å²) >= 11 is 2.94. The van der Waals surface area contributed by atoms with Crippen LogP contribution in [0.15, 0.2) is 85.5 Å². The first-order valence-corrected chi connectivity index (χ1v) is 24.6. The van der Waals surface area contributed by atoms with Crippen LogP contribution < -0.4 is 14.5 Å². The van der Waals surface area contributed by atoms with Crippen molar-refractivity contribution in [3.63, 3.8) is 0 Å². The molecule has 0 spiro atoms. The largest absolute Gasteiger partial charge is 0.493 e. The van der Waals surface area contributed by atoms with E-state index in [2.05, 4.69) is 45.7 Å².